The number of nitrogens with zero attached hydrogens (tertiary/aromatic N) is 2. The Morgan fingerprint density at radius 1 is 1.00 bits per heavy atom. The van der Waals surface area contributed by atoms with Crippen molar-refractivity contribution in [3.63, 3.8) is 0 Å². The number of carbonyl (C=O) groups excluding carboxylic acids is 1. The Kier molecular flexibility index (Phi) is 6.67. The fourth-order valence-corrected chi connectivity index (χ4v) is 3.54. The summed E-state index contributed by atoms with van der Waals surface area (Å²) in [7, 11) is 0. The Morgan fingerprint density at radius 2 is 1.76 bits per heavy atom. The van der Waals surface area contributed by atoms with Crippen LogP contribution < -0.4 is 14.2 Å². The number of hydrogen-bond acceptors (Lipinski definition) is 6. The number of ether oxygens (including phenoxy) is 3. The van der Waals surface area contributed by atoms with Crippen molar-refractivity contribution in [1.82, 2.24) is 5.06 Å². The molecule has 8 heteroatoms. The predicted octanol–water partition coefficient (Wildman–Crippen LogP) is 4.61. The molecule has 0 atom stereocenters. The van der Waals surface area contributed by atoms with E-state index in [9.17, 15) is 4.79 Å². The third-order valence-corrected chi connectivity index (χ3v) is 5.20. The molecule has 0 saturated carbocycles. The first-order valence-corrected chi connectivity index (χ1v) is 11.1. The number of benzene rings is 2. The Hall–Kier alpha value is -4.07. The molecule has 176 valence electrons. The summed E-state index contributed by atoms with van der Waals surface area (Å²) in [6, 6.07) is 11.4. The highest BCUT2D eigenvalue weighted by Gasteiger charge is 2.34. The summed E-state index contributed by atoms with van der Waals surface area (Å²) in [5.74, 6) is 2.27. The monoisotopic (exact) mass is 461 g/mol. The van der Waals surface area contributed by atoms with Crippen molar-refractivity contribution in [2.24, 2.45) is 4.99 Å². The summed E-state index contributed by atoms with van der Waals surface area (Å²) < 4.78 is 17.5. The maximum absolute atomic E-state index is 12.5. The molecule has 0 fully saturated rings. The Morgan fingerprint density at radius 3 is 2.53 bits per heavy atom. The number of amidine groups is 2. The smallest absolute Gasteiger partial charge is 0.282 e. The van der Waals surface area contributed by atoms with Crippen LogP contribution in [0.2, 0.25) is 0 Å². The molecule has 1 amide bonds. The minimum absolute atomic E-state index is 0.0648. The van der Waals surface area contributed by atoms with E-state index in [0.717, 1.165) is 16.9 Å². The van der Waals surface area contributed by atoms with Gasteiger partial charge in [-0.2, -0.15) is 4.99 Å². The minimum atomic E-state index is -0.493. The van der Waals surface area contributed by atoms with Gasteiger partial charge in [-0.1, -0.05) is 18.2 Å². The highest BCUT2D eigenvalue weighted by atomic mass is 16.7. The first kappa shape index (κ1) is 23.1. The second-order valence-corrected chi connectivity index (χ2v) is 7.93. The van der Waals surface area contributed by atoms with Crippen molar-refractivity contribution >= 4 is 23.7 Å². The van der Waals surface area contributed by atoms with E-state index in [1.54, 1.807) is 37.3 Å². The zero-order valence-corrected chi connectivity index (χ0v) is 19.7. The van der Waals surface area contributed by atoms with E-state index in [2.05, 4.69) is 4.99 Å². The fraction of sp³-hybridized carbons (Fsp3) is 0.269. The molecule has 2 heterocycles. The van der Waals surface area contributed by atoms with Crippen LogP contribution in [0.4, 0.5) is 0 Å². The molecule has 8 nitrogen and oxygen atoms in total. The van der Waals surface area contributed by atoms with E-state index in [1.165, 1.54) is 5.06 Å². The molecule has 0 bridgehead atoms. The Balaban J connectivity index is 1.46. The molecule has 2 aromatic carbocycles. The number of rotatable bonds is 8. The van der Waals surface area contributed by atoms with Gasteiger partial charge in [-0.15, -0.1) is 5.06 Å². The van der Waals surface area contributed by atoms with Gasteiger partial charge in [-0.05, 0) is 68.7 Å². The van der Waals surface area contributed by atoms with Gasteiger partial charge in [0.25, 0.3) is 5.91 Å². The van der Waals surface area contributed by atoms with Crippen LogP contribution in [0.1, 0.15) is 30.5 Å². The molecule has 2 aromatic rings. The summed E-state index contributed by atoms with van der Waals surface area (Å²) in [6.07, 6.45) is 3.21. The second-order valence-electron chi connectivity index (χ2n) is 7.93. The number of amides is 1. The van der Waals surface area contributed by atoms with Crippen LogP contribution in [-0.2, 0) is 9.63 Å². The molecule has 2 aliphatic rings. The maximum Gasteiger partial charge on any atom is 0.282 e. The summed E-state index contributed by atoms with van der Waals surface area (Å²) in [5, 5.41) is 9.59. The van der Waals surface area contributed by atoms with Crippen molar-refractivity contribution in [1.29, 1.82) is 5.41 Å². The van der Waals surface area contributed by atoms with Crippen LogP contribution >= 0.6 is 0 Å². The van der Waals surface area contributed by atoms with Crippen molar-refractivity contribution in [3.8, 4) is 17.2 Å². The average molecular weight is 462 g/mol. The molecule has 0 aliphatic carbocycles. The number of hydrogen-bond donors (Lipinski definition) is 1. The summed E-state index contributed by atoms with van der Waals surface area (Å²) in [4.78, 5) is 22.0. The highest BCUT2D eigenvalue weighted by molar-refractivity contribution is 6.32. The van der Waals surface area contributed by atoms with Crippen molar-refractivity contribution in [2.75, 3.05) is 19.8 Å². The Bertz CT molecular complexity index is 1230. The molecule has 0 spiro atoms. The van der Waals surface area contributed by atoms with Gasteiger partial charge in [0.1, 0.15) is 24.7 Å². The molecule has 34 heavy (non-hydrogen) atoms. The van der Waals surface area contributed by atoms with Crippen molar-refractivity contribution in [3.05, 3.63) is 70.5 Å². The number of aryl methyl sites for hydroxylation is 2. The third kappa shape index (κ3) is 4.96. The molecular weight excluding hydrogens is 434 g/mol. The normalized spacial score (nSPS) is 16.1. The van der Waals surface area contributed by atoms with Gasteiger partial charge in [-0.25, -0.2) is 0 Å². The van der Waals surface area contributed by atoms with Crippen LogP contribution in [0.5, 0.6) is 17.2 Å². The molecular formula is C26H27N3O5. The largest absolute Gasteiger partial charge is 0.490 e. The summed E-state index contributed by atoms with van der Waals surface area (Å²) >= 11 is 0. The fourth-order valence-electron chi connectivity index (χ4n) is 3.54. The van der Waals surface area contributed by atoms with Crippen molar-refractivity contribution in [2.45, 2.75) is 27.7 Å². The third-order valence-electron chi connectivity index (χ3n) is 5.20. The first-order chi connectivity index (χ1) is 16.4. The second kappa shape index (κ2) is 9.82. The van der Waals surface area contributed by atoms with E-state index in [4.69, 9.17) is 24.5 Å². The lowest BCUT2D eigenvalue weighted by Crippen LogP contribution is -2.38. The maximum atomic E-state index is 12.5. The predicted molar refractivity (Wildman–Crippen MR) is 129 cm³/mol. The van der Waals surface area contributed by atoms with E-state index in [1.807, 2.05) is 39.0 Å². The molecule has 0 saturated heterocycles. The van der Waals surface area contributed by atoms with Gasteiger partial charge in [0, 0.05) is 6.08 Å². The van der Waals surface area contributed by atoms with E-state index in [0.29, 0.717) is 48.5 Å². The number of hydroxylamine groups is 2. The molecule has 1 N–H and O–H groups in total. The SMILES string of the molecule is CCOc1cc(/C=C2/C(=N)N3OC(C)=CC3=NC2=O)ccc1OCCOc1cc(C)ccc1C. The van der Waals surface area contributed by atoms with Crippen LogP contribution in [0.15, 0.2) is 58.8 Å². The van der Waals surface area contributed by atoms with Gasteiger partial charge < -0.3 is 19.0 Å². The molecule has 0 aromatic heterocycles. The Labute approximate surface area is 198 Å². The average Bonchev–Trinajstić information content (AvgIpc) is 3.18. The molecule has 2 aliphatic heterocycles. The lowest BCUT2D eigenvalue weighted by molar-refractivity contribution is -0.114. The van der Waals surface area contributed by atoms with Gasteiger partial charge in [0.2, 0.25) is 0 Å². The summed E-state index contributed by atoms with van der Waals surface area (Å²) in [6.45, 7) is 8.83. The van der Waals surface area contributed by atoms with Gasteiger partial charge in [0.15, 0.2) is 23.2 Å². The molecule has 4 rings (SSSR count). The quantitative estimate of drug-likeness (QED) is 0.456. The lowest BCUT2D eigenvalue weighted by atomic mass is 10.1. The standard InChI is InChI=1S/C26H27N3O5/c1-5-31-23-15-19(14-20-25(27)29-24(28-26(20)30)13-18(4)34-29)8-9-21(23)32-10-11-33-22-12-16(2)6-7-17(22)3/h6-9,12-15,27H,5,10-11H2,1-4H3/b20-14-,27-25?. The lowest BCUT2D eigenvalue weighted by Gasteiger charge is -2.23. The van der Waals surface area contributed by atoms with E-state index < -0.39 is 5.91 Å². The van der Waals surface area contributed by atoms with Crippen LogP contribution in [-0.4, -0.2) is 42.5 Å². The number of fused-ring (bicyclic) bond motifs is 1. The van der Waals surface area contributed by atoms with Gasteiger partial charge in [-0.3, -0.25) is 10.2 Å². The minimum Gasteiger partial charge on any atom is -0.490 e. The zero-order chi connectivity index (χ0) is 24.2. The van der Waals surface area contributed by atoms with E-state index in [-0.39, 0.29) is 11.4 Å². The van der Waals surface area contributed by atoms with Crippen molar-refractivity contribution < 1.29 is 23.8 Å². The van der Waals surface area contributed by atoms with Gasteiger partial charge >= 0.3 is 0 Å². The number of carbonyl (C=O) groups is 1. The van der Waals surface area contributed by atoms with Crippen LogP contribution in [0.3, 0.4) is 0 Å². The summed E-state index contributed by atoms with van der Waals surface area (Å²) in [5.41, 5.74) is 3.02. The van der Waals surface area contributed by atoms with Crippen LogP contribution in [0, 0.1) is 19.3 Å². The first-order valence-electron chi connectivity index (χ1n) is 11.1. The number of nitrogens with one attached hydrogen (secondary N) is 1. The zero-order valence-electron chi connectivity index (χ0n) is 19.7. The van der Waals surface area contributed by atoms with Gasteiger partial charge in [0.05, 0.1) is 12.2 Å². The highest BCUT2D eigenvalue weighted by Crippen LogP contribution is 2.31. The number of allylic oxidation sites excluding steroid dienone is 1. The topological polar surface area (TPSA) is 93.4 Å². The van der Waals surface area contributed by atoms with E-state index >= 15 is 0 Å². The number of aliphatic imine (C=N–C) groups is 1. The van der Waals surface area contributed by atoms with Crippen LogP contribution in [0.25, 0.3) is 6.08 Å². The molecule has 0 unspecified atom stereocenters. The molecule has 0 radical (unpaired) electrons.